The molecule has 1 aliphatic carbocycles. The van der Waals surface area contributed by atoms with Crippen molar-refractivity contribution >= 4 is 16.9 Å². The number of aromatic nitrogens is 4. The van der Waals surface area contributed by atoms with Crippen LogP contribution >= 0.6 is 0 Å². The van der Waals surface area contributed by atoms with Crippen molar-refractivity contribution in [1.82, 2.24) is 34.2 Å². The average Bonchev–Trinajstić information content (AvgIpc) is 3.20. The van der Waals surface area contributed by atoms with Crippen LogP contribution in [0.4, 0.5) is 4.39 Å². The van der Waals surface area contributed by atoms with Gasteiger partial charge in [0.1, 0.15) is 11.5 Å². The van der Waals surface area contributed by atoms with Crippen LogP contribution in [0, 0.1) is 12.7 Å². The van der Waals surface area contributed by atoms with Gasteiger partial charge < -0.3 is 10.2 Å². The predicted octanol–water partition coefficient (Wildman–Crippen LogP) is 6.42. The number of halogens is 1. The highest BCUT2D eigenvalue weighted by Gasteiger charge is 2.29. The molecule has 5 heterocycles. The third-order valence-electron chi connectivity index (χ3n) is 11.7. The van der Waals surface area contributed by atoms with Crippen LogP contribution in [0.2, 0.25) is 0 Å². The molecule has 280 valence electrons. The molecule has 1 N–H and O–H groups in total. The zero-order valence-electron chi connectivity index (χ0n) is 30.9. The van der Waals surface area contributed by atoms with Gasteiger partial charge in [-0.25, -0.2) is 23.7 Å². The Bertz CT molecular complexity index is 2250. The van der Waals surface area contributed by atoms with E-state index in [-0.39, 0.29) is 23.0 Å². The maximum Gasteiger partial charge on any atom is 0.337 e. The number of piperidine rings is 2. The van der Waals surface area contributed by atoms with Gasteiger partial charge in [0, 0.05) is 30.4 Å². The number of fused-ring (bicyclic) bond motifs is 1. The third kappa shape index (κ3) is 7.65. The van der Waals surface area contributed by atoms with Gasteiger partial charge in [0.15, 0.2) is 5.65 Å². The van der Waals surface area contributed by atoms with Crippen LogP contribution in [-0.4, -0.2) is 73.1 Å². The van der Waals surface area contributed by atoms with Gasteiger partial charge in [0.2, 0.25) is 0 Å². The van der Waals surface area contributed by atoms with Crippen LogP contribution < -0.4 is 16.6 Å². The number of carbonyl (C=O) groups excluding carboxylic acids is 1. The standard InChI is InChI=1S/C43H48FN7O3/c1-29-7-5-10-39(46-29)41(52)47-34-15-17-36(18-16-34)51-42(53)38-26-33(44)27-45-40(38)50(43(51)54)37-9-6-8-32(25-37)31-13-11-30(12-14-31)28-48-23-19-35(20-24-48)49-21-3-2-4-22-49/h5-14,25-27,34-36H,2-4,15-24,28H2,1H3,(H,47,52). The molecule has 5 aromatic rings. The Kier molecular flexibility index (Phi) is 10.5. The summed E-state index contributed by atoms with van der Waals surface area (Å²) < 4.78 is 17.3. The van der Waals surface area contributed by atoms with Gasteiger partial charge >= 0.3 is 5.69 Å². The van der Waals surface area contributed by atoms with Crippen LogP contribution in [0.1, 0.15) is 85.6 Å². The van der Waals surface area contributed by atoms with Gasteiger partial charge in [-0.15, -0.1) is 0 Å². The Hall–Kier alpha value is -5.00. The molecule has 2 aromatic carbocycles. The maximum atomic E-state index is 14.6. The molecule has 0 radical (unpaired) electrons. The van der Waals surface area contributed by atoms with Crippen molar-refractivity contribution in [2.75, 3.05) is 26.2 Å². The molecule has 0 atom stereocenters. The normalized spacial score (nSPS) is 20.3. The molecule has 2 saturated heterocycles. The summed E-state index contributed by atoms with van der Waals surface area (Å²) in [6, 6.07) is 22.9. The summed E-state index contributed by atoms with van der Waals surface area (Å²) >= 11 is 0. The Morgan fingerprint density at radius 3 is 2.30 bits per heavy atom. The van der Waals surface area contributed by atoms with Crippen molar-refractivity contribution in [3.63, 3.8) is 0 Å². The lowest BCUT2D eigenvalue weighted by molar-refractivity contribution is 0.0896. The van der Waals surface area contributed by atoms with Crippen molar-refractivity contribution < 1.29 is 9.18 Å². The number of benzene rings is 2. The van der Waals surface area contributed by atoms with Crippen LogP contribution in [0.5, 0.6) is 0 Å². The van der Waals surface area contributed by atoms with Crippen molar-refractivity contribution in [2.45, 2.75) is 89.4 Å². The second-order valence-electron chi connectivity index (χ2n) is 15.3. The van der Waals surface area contributed by atoms with E-state index in [2.05, 4.69) is 49.4 Å². The minimum Gasteiger partial charge on any atom is -0.348 e. The summed E-state index contributed by atoms with van der Waals surface area (Å²) in [4.78, 5) is 54.9. The zero-order chi connectivity index (χ0) is 37.2. The highest BCUT2D eigenvalue weighted by atomic mass is 19.1. The number of rotatable bonds is 8. The fraction of sp³-hybridized carbons (Fsp3) is 0.419. The quantitative estimate of drug-likeness (QED) is 0.197. The molecule has 3 fully saturated rings. The summed E-state index contributed by atoms with van der Waals surface area (Å²) in [6.07, 6.45) is 9.71. The van der Waals surface area contributed by atoms with Crippen LogP contribution in [0.15, 0.2) is 88.6 Å². The summed E-state index contributed by atoms with van der Waals surface area (Å²) in [5.41, 5.74) is 3.91. The molecular formula is C43H48FN7O3. The summed E-state index contributed by atoms with van der Waals surface area (Å²) in [7, 11) is 0. The molecular weight excluding hydrogens is 682 g/mol. The molecule has 0 bridgehead atoms. The molecule has 2 aliphatic heterocycles. The first-order valence-electron chi connectivity index (χ1n) is 19.5. The van der Waals surface area contributed by atoms with Gasteiger partial charge in [0.25, 0.3) is 11.5 Å². The number of nitrogens with one attached hydrogen (secondary N) is 1. The minimum atomic E-state index is -0.646. The molecule has 3 aromatic heterocycles. The Labute approximate surface area is 314 Å². The molecule has 8 rings (SSSR count). The van der Waals surface area contributed by atoms with E-state index >= 15 is 0 Å². The molecule has 0 spiro atoms. The smallest absolute Gasteiger partial charge is 0.337 e. The van der Waals surface area contributed by atoms with E-state index in [0.29, 0.717) is 37.1 Å². The number of nitrogens with zero attached hydrogens (tertiary/aromatic N) is 6. The number of carbonyl (C=O) groups is 1. The van der Waals surface area contributed by atoms with Crippen molar-refractivity contribution in [2.24, 2.45) is 0 Å². The average molecular weight is 730 g/mol. The molecule has 10 nitrogen and oxygen atoms in total. The van der Waals surface area contributed by atoms with Crippen LogP contribution in [0.3, 0.4) is 0 Å². The number of amides is 1. The van der Waals surface area contributed by atoms with E-state index in [1.807, 2.05) is 37.3 Å². The summed E-state index contributed by atoms with van der Waals surface area (Å²) in [5, 5.41) is 3.11. The van der Waals surface area contributed by atoms with E-state index < -0.39 is 23.1 Å². The molecule has 11 heteroatoms. The molecule has 1 amide bonds. The second-order valence-corrected chi connectivity index (χ2v) is 15.3. The predicted molar refractivity (Wildman–Crippen MR) is 208 cm³/mol. The summed E-state index contributed by atoms with van der Waals surface area (Å²) in [5.74, 6) is -0.889. The Morgan fingerprint density at radius 1 is 0.815 bits per heavy atom. The third-order valence-corrected chi connectivity index (χ3v) is 11.7. The van der Waals surface area contributed by atoms with Gasteiger partial charge in [-0.2, -0.15) is 0 Å². The van der Waals surface area contributed by atoms with Gasteiger partial charge in [0.05, 0.1) is 17.3 Å². The van der Waals surface area contributed by atoms with E-state index in [1.54, 1.807) is 12.1 Å². The maximum absolute atomic E-state index is 14.6. The summed E-state index contributed by atoms with van der Waals surface area (Å²) in [6.45, 7) is 7.53. The lowest BCUT2D eigenvalue weighted by Crippen LogP contribution is -2.46. The highest BCUT2D eigenvalue weighted by Crippen LogP contribution is 2.29. The monoisotopic (exact) mass is 729 g/mol. The van der Waals surface area contributed by atoms with E-state index in [9.17, 15) is 18.8 Å². The van der Waals surface area contributed by atoms with Crippen molar-refractivity contribution in [3.05, 3.63) is 123 Å². The fourth-order valence-electron chi connectivity index (χ4n) is 8.76. The first-order valence-corrected chi connectivity index (χ1v) is 19.5. The number of hydrogen-bond acceptors (Lipinski definition) is 7. The van der Waals surface area contributed by atoms with Crippen LogP contribution in [0.25, 0.3) is 27.8 Å². The lowest BCUT2D eigenvalue weighted by atomic mass is 9.90. The topological polar surface area (TPSA) is 105 Å². The number of hydrogen-bond donors (Lipinski definition) is 1. The second kappa shape index (κ2) is 15.8. The van der Waals surface area contributed by atoms with E-state index in [1.165, 1.54) is 59.9 Å². The molecule has 0 unspecified atom stereocenters. The first kappa shape index (κ1) is 36.0. The van der Waals surface area contributed by atoms with Gasteiger partial charge in [-0.1, -0.05) is 48.9 Å². The minimum absolute atomic E-state index is 0.0465. The SMILES string of the molecule is Cc1cccc(C(=O)NC2CCC(n3c(=O)c4cc(F)cnc4n(-c4cccc(-c5ccc(CN6CCC(N7CCCCC7)CC6)cc5)c4)c3=O)CC2)n1. The van der Waals surface area contributed by atoms with Crippen molar-refractivity contribution in [3.8, 4) is 16.8 Å². The Morgan fingerprint density at radius 2 is 1.56 bits per heavy atom. The molecule has 1 saturated carbocycles. The van der Waals surface area contributed by atoms with Gasteiger partial charge in [-0.05, 0) is 131 Å². The number of likely N-dealkylation sites (tertiary alicyclic amines) is 2. The van der Waals surface area contributed by atoms with Gasteiger partial charge in [-0.3, -0.25) is 19.1 Å². The Balaban J connectivity index is 1.00. The zero-order valence-corrected chi connectivity index (χ0v) is 30.9. The highest BCUT2D eigenvalue weighted by molar-refractivity contribution is 5.92. The lowest BCUT2D eigenvalue weighted by Gasteiger charge is -2.40. The largest absolute Gasteiger partial charge is 0.348 e. The number of pyridine rings is 2. The van der Waals surface area contributed by atoms with Crippen LogP contribution in [-0.2, 0) is 6.54 Å². The van der Waals surface area contributed by atoms with E-state index in [4.69, 9.17) is 0 Å². The first-order chi connectivity index (χ1) is 26.3. The number of aryl methyl sites for hydroxylation is 1. The molecule has 54 heavy (non-hydrogen) atoms. The van der Waals surface area contributed by atoms with E-state index in [0.717, 1.165) is 54.8 Å². The molecule has 3 aliphatic rings. The van der Waals surface area contributed by atoms with Crippen molar-refractivity contribution in [1.29, 1.82) is 0 Å². The fourth-order valence-corrected chi connectivity index (χ4v) is 8.76.